The smallest absolute Gasteiger partial charge is 0.115 e. The quantitative estimate of drug-likeness (QED) is 0.433. The molecule has 0 bridgehead atoms. The summed E-state index contributed by atoms with van der Waals surface area (Å²) in [6.07, 6.45) is 2.42. The Balaban J connectivity index is 3.66. The topological polar surface area (TPSA) is 79.7 Å². The van der Waals surface area contributed by atoms with Crippen LogP contribution in [0.15, 0.2) is 0 Å². The molecule has 0 aliphatic heterocycles. The van der Waals surface area contributed by atoms with Gasteiger partial charge in [0, 0.05) is 26.7 Å². The first-order valence-corrected chi connectivity index (χ1v) is 6.59. The summed E-state index contributed by atoms with van der Waals surface area (Å²) in [5.41, 5.74) is 10.4. The lowest BCUT2D eigenvalue weighted by atomic mass is 10.1. The summed E-state index contributed by atoms with van der Waals surface area (Å²) in [6.45, 7) is 8.62. The van der Waals surface area contributed by atoms with Gasteiger partial charge in [-0.3, -0.25) is 0 Å². The molecule has 0 saturated carbocycles. The van der Waals surface area contributed by atoms with E-state index in [0.29, 0.717) is 26.2 Å². The van der Waals surface area contributed by atoms with Crippen molar-refractivity contribution in [2.24, 2.45) is 11.5 Å². The Labute approximate surface area is 111 Å². The fourth-order valence-electron chi connectivity index (χ4n) is 1.31. The SMILES string of the molecule is COC(C)(N)CCOC(C)(C)CCOCCCN. The first-order valence-electron chi connectivity index (χ1n) is 6.59. The molecule has 0 radical (unpaired) electrons. The highest BCUT2D eigenvalue weighted by molar-refractivity contribution is 4.71. The third kappa shape index (κ3) is 9.79. The van der Waals surface area contributed by atoms with Gasteiger partial charge in [-0.05, 0) is 40.2 Å². The lowest BCUT2D eigenvalue weighted by Crippen LogP contribution is -2.40. The minimum absolute atomic E-state index is 0.202. The van der Waals surface area contributed by atoms with Gasteiger partial charge in [-0.15, -0.1) is 0 Å². The van der Waals surface area contributed by atoms with Crippen molar-refractivity contribution in [1.82, 2.24) is 0 Å². The molecule has 0 rings (SSSR count). The molecule has 0 aliphatic carbocycles. The fraction of sp³-hybridized carbons (Fsp3) is 1.00. The van der Waals surface area contributed by atoms with Crippen LogP contribution in [0.25, 0.3) is 0 Å². The summed E-state index contributed by atoms with van der Waals surface area (Å²) >= 11 is 0. The van der Waals surface area contributed by atoms with Crippen LogP contribution in [0.5, 0.6) is 0 Å². The lowest BCUT2D eigenvalue weighted by molar-refractivity contribution is -0.0731. The van der Waals surface area contributed by atoms with Crippen LogP contribution in [0.2, 0.25) is 0 Å². The summed E-state index contributed by atoms with van der Waals surface area (Å²) in [5.74, 6) is 0. The van der Waals surface area contributed by atoms with E-state index >= 15 is 0 Å². The summed E-state index contributed by atoms with van der Waals surface area (Å²) in [6, 6.07) is 0. The Morgan fingerprint density at radius 2 is 1.67 bits per heavy atom. The molecule has 0 spiro atoms. The van der Waals surface area contributed by atoms with Gasteiger partial charge in [0.25, 0.3) is 0 Å². The Morgan fingerprint density at radius 3 is 2.22 bits per heavy atom. The molecule has 0 saturated heterocycles. The van der Waals surface area contributed by atoms with Gasteiger partial charge in [0.1, 0.15) is 5.72 Å². The van der Waals surface area contributed by atoms with Crippen molar-refractivity contribution in [1.29, 1.82) is 0 Å². The van der Waals surface area contributed by atoms with E-state index < -0.39 is 5.72 Å². The molecule has 1 atom stereocenters. The number of rotatable bonds is 11. The predicted octanol–water partition coefficient (Wildman–Crippen LogP) is 1.25. The maximum atomic E-state index is 5.86. The van der Waals surface area contributed by atoms with Crippen LogP contribution in [0.4, 0.5) is 0 Å². The van der Waals surface area contributed by atoms with Crippen LogP contribution < -0.4 is 11.5 Å². The largest absolute Gasteiger partial charge is 0.381 e. The first-order chi connectivity index (χ1) is 8.33. The van der Waals surface area contributed by atoms with Gasteiger partial charge < -0.3 is 25.7 Å². The molecular weight excluding hydrogens is 232 g/mol. The van der Waals surface area contributed by atoms with E-state index in [2.05, 4.69) is 13.8 Å². The molecule has 0 fully saturated rings. The van der Waals surface area contributed by atoms with Crippen molar-refractivity contribution in [3.63, 3.8) is 0 Å². The van der Waals surface area contributed by atoms with Gasteiger partial charge in [-0.1, -0.05) is 0 Å². The normalized spacial score (nSPS) is 15.7. The van der Waals surface area contributed by atoms with E-state index in [0.717, 1.165) is 19.4 Å². The zero-order chi connectivity index (χ0) is 14.1. The van der Waals surface area contributed by atoms with Gasteiger partial charge in [0.15, 0.2) is 0 Å². The van der Waals surface area contributed by atoms with Crippen molar-refractivity contribution in [2.45, 2.75) is 51.4 Å². The lowest BCUT2D eigenvalue weighted by Gasteiger charge is -2.28. The first kappa shape index (κ1) is 17.8. The number of hydrogen-bond donors (Lipinski definition) is 2. The predicted molar refractivity (Wildman–Crippen MR) is 73.4 cm³/mol. The summed E-state index contributed by atoms with van der Waals surface area (Å²) in [5, 5.41) is 0. The van der Waals surface area contributed by atoms with Crippen molar-refractivity contribution >= 4 is 0 Å². The van der Waals surface area contributed by atoms with Crippen molar-refractivity contribution in [3.05, 3.63) is 0 Å². The van der Waals surface area contributed by atoms with Crippen LogP contribution >= 0.6 is 0 Å². The Bertz CT molecular complexity index is 208. The maximum Gasteiger partial charge on any atom is 0.115 e. The minimum Gasteiger partial charge on any atom is -0.381 e. The summed E-state index contributed by atoms with van der Waals surface area (Å²) < 4.78 is 16.4. The van der Waals surface area contributed by atoms with Crippen LogP contribution in [-0.4, -0.2) is 44.8 Å². The number of methoxy groups -OCH3 is 1. The van der Waals surface area contributed by atoms with Crippen LogP contribution in [0, 0.1) is 0 Å². The van der Waals surface area contributed by atoms with Crippen molar-refractivity contribution < 1.29 is 14.2 Å². The van der Waals surface area contributed by atoms with Crippen molar-refractivity contribution in [3.8, 4) is 0 Å². The van der Waals surface area contributed by atoms with E-state index in [-0.39, 0.29) is 5.60 Å². The second kappa shape index (κ2) is 8.82. The highest BCUT2D eigenvalue weighted by atomic mass is 16.5. The van der Waals surface area contributed by atoms with E-state index in [4.69, 9.17) is 25.7 Å². The molecule has 0 amide bonds. The number of nitrogens with two attached hydrogens (primary N) is 2. The number of hydrogen-bond acceptors (Lipinski definition) is 5. The maximum absolute atomic E-state index is 5.86. The Hall–Kier alpha value is -0.200. The number of ether oxygens (including phenoxy) is 3. The van der Waals surface area contributed by atoms with E-state index in [1.165, 1.54) is 0 Å². The van der Waals surface area contributed by atoms with Gasteiger partial charge in [0.05, 0.1) is 12.2 Å². The second-order valence-corrected chi connectivity index (χ2v) is 5.38. The monoisotopic (exact) mass is 262 g/mol. The molecule has 1 unspecified atom stereocenters. The molecule has 4 N–H and O–H groups in total. The molecular formula is C13H30N2O3. The highest BCUT2D eigenvalue weighted by Crippen LogP contribution is 2.16. The molecule has 0 aromatic rings. The van der Waals surface area contributed by atoms with E-state index in [1.807, 2.05) is 6.92 Å². The molecule has 0 aromatic heterocycles. The average molecular weight is 262 g/mol. The van der Waals surface area contributed by atoms with Crippen LogP contribution in [0.1, 0.15) is 40.0 Å². The van der Waals surface area contributed by atoms with E-state index in [9.17, 15) is 0 Å². The van der Waals surface area contributed by atoms with E-state index in [1.54, 1.807) is 7.11 Å². The third-order valence-corrected chi connectivity index (χ3v) is 2.90. The third-order valence-electron chi connectivity index (χ3n) is 2.90. The standard InChI is InChI=1S/C13H30N2O3/c1-12(2,6-10-17-9-5-8-14)18-11-7-13(3,15)16-4/h5-11,14-15H2,1-4H3. The molecule has 110 valence electrons. The van der Waals surface area contributed by atoms with Gasteiger partial charge in [-0.2, -0.15) is 0 Å². The van der Waals surface area contributed by atoms with Gasteiger partial charge in [0.2, 0.25) is 0 Å². The Morgan fingerprint density at radius 1 is 1.00 bits per heavy atom. The van der Waals surface area contributed by atoms with Crippen LogP contribution in [-0.2, 0) is 14.2 Å². The summed E-state index contributed by atoms with van der Waals surface area (Å²) in [4.78, 5) is 0. The fourth-order valence-corrected chi connectivity index (χ4v) is 1.31. The zero-order valence-corrected chi connectivity index (χ0v) is 12.3. The van der Waals surface area contributed by atoms with Crippen molar-refractivity contribution in [2.75, 3.05) is 33.5 Å². The molecule has 5 nitrogen and oxygen atoms in total. The van der Waals surface area contributed by atoms with Gasteiger partial charge >= 0.3 is 0 Å². The summed E-state index contributed by atoms with van der Waals surface area (Å²) in [7, 11) is 1.61. The highest BCUT2D eigenvalue weighted by Gasteiger charge is 2.21. The minimum atomic E-state index is -0.617. The zero-order valence-electron chi connectivity index (χ0n) is 12.3. The molecule has 0 heterocycles. The molecule has 18 heavy (non-hydrogen) atoms. The molecule has 5 heteroatoms. The van der Waals surface area contributed by atoms with Gasteiger partial charge in [-0.25, -0.2) is 0 Å². The second-order valence-electron chi connectivity index (χ2n) is 5.38. The average Bonchev–Trinajstić information content (AvgIpc) is 2.28. The van der Waals surface area contributed by atoms with Crippen LogP contribution in [0.3, 0.4) is 0 Å². The molecule has 0 aromatic carbocycles. The molecule has 0 aliphatic rings. The Kier molecular flexibility index (Phi) is 8.73.